The maximum Gasteiger partial charge on any atom is 0.263 e. The first kappa shape index (κ1) is 56.3. The summed E-state index contributed by atoms with van der Waals surface area (Å²) in [5, 5.41) is 20.1. The number of Topliss-reactive ketones (excluding diaryl/α,β-unsaturated/α-hetero) is 1. The van der Waals surface area contributed by atoms with Crippen LogP contribution in [0.25, 0.3) is 21.5 Å². The summed E-state index contributed by atoms with van der Waals surface area (Å²) in [6.07, 6.45) is 6.58. The lowest BCUT2D eigenvalue weighted by molar-refractivity contribution is -0.145. The van der Waals surface area contributed by atoms with Crippen LogP contribution in [0.3, 0.4) is 0 Å². The Hall–Kier alpha value is -6.46. The zero-order valence-corrected chi connectivity index (χ0v) is 46.3. The first-order valence-electron chi connectivity index (χ1n) is 27.1. The third kappa shape index (κ3) is 13.0. The van der Waals surface area contributed by atoms with Gasteiger partial charge >= 0.3 is 0 Å². The number of likely N-dealkylation sites (tertiary alicyclic amines) is 1. The molecule has 3 atom stereocenters. The van der Waals surface area contributed by atoms with Crippen LogP contribution in [0.2, 0.25) is 0 Å². The number of benzene rings is 1. The van der Waals surface area contributed by atoms with Crippen molar-refractivity contribution in [2.45, 2.75) is 123 Å². The molecule has 0 bridgehead atoms. The van der Waals surface area contributed by atoms with Crippen molar-refractivity contribution in [1.29, 1.82) is 0 Å². The van der Waals surface area contributed by atoms with Gasteiger partial charge in [-0.3, -0.25) is 33.4 Å². The van der Waals surface area contributed by atoms with Crippen LogP contribution < -0.4 is 31.1 Å². The van der Waals surface area contributed by atoms with E-state index in [4.69, 9.17) is 19.2 Å². The van der Waals surface area contributed by atoms with Crippen molar-refractivity contribution in [3.05, 3.63) is 81.0 Å². The van der Waals surface area contributed by atoms with Crippen molar-refractivity contribution < 1.29 is 42.9 Å². The summed E-state index contributed by atoms with van der Waals surface area (Å²) in [6, 6.07) is 7.54. The number of alkyl halides is 1. The second-order valence-electron chi connectivity index (χ2n) is 22.0. The minimum absolute atomic E-state index is 0.00713. The number of anilines is 3. The van der Waals surface area contributed by atoms with Gasteiger partial charge in [0.25, 0.3) is 11.5 Å². The number of rotatable bonds is 22. The number of amides is 3. The van der Waals surface area contributed by atoms with E-state index in [1.807, 2.05) is 43.5 Å². The number of nitrogens with zero attached hydrogens (tertiary/aromatic N) is 8. The number of aryl methyl sites for hydroxylation is 2. The van der Waals surface area contributed by atoms with E-state index in [9.17, 15) is 33.5 Å². The predicted octanol–water partition coefficient (Wildman–Crippen LogP) is 5.83. The van der Waals surface area contributed by atoms with Gasteiger partial charge in [0.2, 0.25) is 17.8 Å². The van der Waals surface area contributed by atoms with Crippen molar-refractivity contribution in [2.75, 3.05) is 82.5 Å². The zero-order valence-electron chi connectivity index (χ0n) is 45.4. The number of pyridine rings is 2. The van der Waals surface area contributed by atoms with Gasteiger partial charge in [-0.2, -0.15) is 4.98 Å². The molecule has 1 aromatic carbocycles. The van der Waals surface area contributed by atoms with E-state index in [1.54, 1.807) is 44.0 Å². The van der Waals surface area contributed by atoms with E-state index in [1.165, 1.54) is 23.2 Å². The molecule has 4 fully saturated rings. The van der Waals surface area contributed by atoms with Crippen LogP contribution in [-0.4, -0.2) is 159 Å². The Balaban J connectivity index is 0.702. The number of thiazole rings is 1. The number of halogens is 1. The van der Waals surface area contributed by atoms with Crippen molar-refractivity contribution in [3.8, 4) is 16.2 Å². The van der Waals surface area contributed by atoms with Gasteiger partial charge in [0.1, 0.15) is 35.9 Å². The Labute approximate surface area is 457 Å². The van der Waals surface area contributed by atoms with E-state index in [0.717, 1.165) is 80.2 Å². The lowest BCUT2D eigenvalue weighted by Gasteiger charge is -2.35. The summed E-state index contributed by atoms with van der Waals surface area (Å²) in [4.78, 5) is 91.9. The minimum Gasteiger partial charge on any atom is -0.491 e. The molecule has 4 aliphatic rings. The average molecular weight is 1090 g/mol. The highest BCUT2D eigenvalue weighted by atomic mass is 32.1. The third-order valence-electron chi connectivity index (χ3n) is 15.3. The van der Waals surface area contributed by atoms with Crippen LogP contribution >= 0.6 is 11.3 Å². The number of carbonyl (C=O) groups excluding carboxylic acids is 4. The summed E-state index contributed by atoms with van der Waals surface area (Å²) in [5.74, 6) is -0.655. The molecule has 6 heterocycles. The van der Waals surface area contributed by atoms with Crippen LogP contribution in [0, 0.1) is 19.3 Å². The van der Waals surface area contributed by atoms with Crippen molar-refractivity contribution in [2.24, 2.45) is 5.41 Å². The highest BCUT2D eigenvalue weighted by Gasteiger charge is 2.53. The molecule has 2 saturated heterocycles. The quantitative estimate of drug-likeness (QED) is 0.0471. The predicted molar refractivity (Wildman–Crippen MR) is 294 cm³/mol. The van der Waals surface area contributed by atoms with Crippen LogP contribution in [0.1, 0.15) is 106 Å². The molecular weight excluding hydrogens is 1020 g/mol. The van der Waals surface area contributed by atoms with Gasteiger partial charge in [-0.05, 0) is 81.2 Å². The van der Waals surface area contributed by atoms with Crippen LogP contribution in [0.4, 0.5) is 21.8 Å². The van der Waals surface area contributed by atoms with Crippen LogP contribution in [0.15, 0.2) is 53.0 Å². The standard InChI is InChI=1S/C56H72FN11O9S/c1-34-42-31-60-54(64-49(42)68(39-9-7-8-10-39)51(72)46(34)36(3)69)62-45-14-13-40(30-58-45)66-19-17-65(18-20-66)21-22-75-23-24-76-25-26-77-44-27-37(47-35(2)61-33-78-47)11-12-38(44)29-59-50(71)43-28-41(70)32-67(43)52(73)48(55(4,5)6)63-53(74)56(57)15-16-56/h11-14,27,30-31,33,39,41,43,48,70H,7-10,15-26,28-29,32H2,1-6H3,(H,59,71)(H,63,74)(H,58,60,62,64)/t41-,43+,48+/m0/s1. The highest BCUT2D eigenvalue weighted by Crippen LogP contribution is 2.41. The lowest BCUT2D eigenvalue weighted by Crippen LogP contribution is -2.59. The van der Waals surface area contributed by atoms with E-state index >= 15 is 0 Å². The van der Waals surface area contributed by atoms with Gasteiger partial charge < -0.3 is 45.1 Å². The second kappa shape index (κ2) is 24.3. The Bertz CT molecular complexity index is 3040. The molecule has 22 heteroatoms. The molecule has 2 aliphatic heterocycles. The SMILES string of the molecule is CC(=O)c1c(C)c2cnc(Nc3ccc(N4CCN(CCOCCOCCOc5cc(-c6scnc6C)ccc5CNC(=O)[C@H]5C[C@H](O)CN5C(=O)[C@@H](NC(=O)C5(F)CC5)C(C)(C)C)CC4)cn3)nc2n(C2CCCC2)c1=O. The fourth-order valence-corrected chi connectivity index (χ4v) is 11.4. The molecule has 3 amide bonds. The first-order chi connectivity index (χ1) is 37.4. The Morgan fingerprint density at radius 1 is 0.936 bits per heavy atom. The number of aromatic nitrogens is 5. The molecule has 0 radical (unpaired) electrons. The van der Waals surface area contributed by atoms with Gasteiger partial charge in [-0.15, -0.1) is 11.3 Å². The van der Waals surface area contributed by atoms with E-state index in [-0.39, 0.29) is 61.9 Å². The van der Waals surface area contributed by atoms with Crippen molar-refractivity contribution in [3.63, 3.8) is 0 Å². The molecular formula is C56H72FN11O9S. The molecule has 4 N–H and O–H groups in total. The van der Waals surface area contributed by atoms with Gasteiger partial charge in [-0.25, -0.2) is 19.3 Å². The third-order valence-corrected chi connectivity index (χ3v) is 16.2. The monoisotopic (exact) mass is 1090 g/mol. The fourth-order valence-electron chi connectivity index (χ4n) is 10.6. The van der Waals surface area contributed by atoms with E-state index in [2.05, 4.69) is 40.7 Å². The fraction of sp³-hybridized carbons (Fsp3) is 0.554. The first-order valence-corrected chi connectivity index (χ1v) is 28.0. The topological polar surface area (TPSA) is 236 Å². The van der Waals surface area contributed by atoms with E-state index in [0.29, 0.717) is 66.1 Å². The molecule has 2 aliphatic carbocycles. The number of fused-ring (bicyclic) bond motifs is 1. The van der Waals surface area contributed by atoms with Crippen LogP contribution in [0.5, 0.6) is 5.75 Å². The Morgan fingerprint density at radius 3 is 2.33 bits per heavy atom. The maximum atomic E-state index is 14.7. The maximum absolute atomic E-state index is 14.7. The number of carbonyl (C=O) groups is 4. The molecule has 2 saturated carbocycles. The molecule has 9 rings (SSSR count). The van der Waals surface area contributed by atoms with Gasteiger partial charge in [0, 0.05) is 75.4 Å². The van der Waals surface area contributed by atoms with Crippen molar-refractivity contribution in [1.82, 2.24) is 44.9 Å². The Kier molecular flexibility index (Phi) is 17.5. The molecule has 5 aromatic rings. The Morgan fingerprint density at radius 2 is 1.67 bits per heavy atom. The highest BCUT2D eigenvalue weighted by molar-refractivity contribution is 7.13. The summed E-state index contributed by atoms with van der Waals surface area (Å²) >= 11 is 1.51. The number of nitrogens with one attached hydrogen (secondary N) is 3. The largest absolute Gasteiger partial charge is 0.491 e. The number of aliphatic hydroxyl groups excluding tert-OH is 1. The average Bonchev–Trinajstić information content (AvgIpc) is 3.85. The van der Waals surface area contributed by atoms with Crippen molar-refractivity contribution >= 4 is 63.3 Å². The molecule has 0 unspecified atom stereocenters. The normalized spacial score (nSPS) is 19.0. The second-order valence-corrected chi connectivity index (χ2v) is 22.8. The molecule has 4 aromatic heterocycles. The number of aliphatic hydroxyl groups is 1. The summed E-state index contributed by atoms with van der Waals surface area (Å²) in [6.45, 7) is 16.5. The minimum atomic E-state index is -1.98. The molecule has 78 heavy (non-hydrogen) atoms. The smallest absolute Gasteiger partial charge is 0.263 e. The van der Waals surface area contributed by atoms with Gasteiger partial charge in [0.15, 0.2) is 11.5 Å². The summed E-state index contributed by atoms with van der Waals surface area (Å²) < 4.78 is 34.4. The molecule has 20 nitrogen and oxygen atoms in total. The number of ether oxygens (including phenoxy) is 3. The van der Waals surface area contributed by atoms with Gasteiger partial charge in [-0.1, -0.05) is 45.7 Å². The number of hydrogen-bond donors (Lipinski definition) is 4. The molecule has 418 valence electrons. The lowest BCUT2D eigenvalue weighted by atomic mass is 9.85. The number of ketones is 1. The summed E-state index contributed by atoms with van der Waals surface area (Å²) in [7, 11) is 0. The number of piperazine rings is 1. The summed E-state index contributed by atoms with van der Waals surface area (Å²) in [5.41, 5.74) is 3.56. The van der Waals surface area contributed by atoms with Gasteiger partial charge in [0.05, 0.1) is 66.1 Å². The zero-order chi connectivity index (χ0) is 55.3. The number of β-amino-alcohol motifs (C(OH)–C–C–N with tert-alkyl or cyclic N) is 1. The van der Waals surface area contributed by atoms with E-state index < -0.39 is 47.0 Å². The number of hydrogen-bond acceptors (Lipinski definition) is 17. The van der Waals surface area contributed by atoms with Crippen LogP contribution in [-0.2, 0) is 30.4 Å². The molecule has 0 spiro atoms.